The highest BCUT2D eigenvalue weighted by atomic mass is 35.5. The average Bonchev–Trinajstić information content (AvgIpc) is 3.49. The van der Waals surface area contributed by atoms with Gasteiger partial charge in [0.05, 0.1) is 41.9 Å². The van der Waals surface area contributed by atoms with Gasteiger partial charge in [0, 0.05) is 23.5 Å². The topological polar surface area (TPSA) is 128 Å². The van der Waals surface area contributed by atoms with E-state index >= 15 is 0 Å². The van der Waals surface area contributed by atoms with Crippen molar-refractivity contribution in [3.8, 4) is 28.7 Å². The lowest BCUT2D eigenvalue weighted by molar-refractivity contribution is -0.121. The Bertz CT molecular complexity index is 1260. The summed E-state index contributed by atoms with van der Waals surface area (Å²) in [6.45, 7) is 2.28. The van der Waals surface area contributed by atoms with Crippen LogP contribution in [0.3, 0.4) is 0 Å². The number of nitriles is 1. The van der Waals surface area contributed by atoms with Gasteiger partial charge in [-0.15, -0.1) is 0 Å². The van der Waals surface area contributed by atoms with E-state index in [9.17, 15) is 9.18 Å². The third-order valence-electron chi connectivity index (χ3n) is 4.71. The molecule has 0 unspecified atom stereocenters. The van der Waals surface area contributed by atoms with E-state index in [0.29, 0.717) is 29.2 Å². The molecule has 4 rings (SSSR count). The Morgan fingerprint density at radius 2 is 2.22 bits per heavy atom. The largest absolute Gasteiger partial charge is 0.351 e. The molecule has 3 heterocycles. The summed E-state index contributed by atoms with van der Waals surface area (Å²) in [5, 5.41) is 23.3. The van der Waals surface area contributed by atoms with E-state index in [4.69, 9.17) is 16.9 Å². The Balaban J connectivity index is 1.35. The van der Waals surface area contributed by atoms with Crippen LogP contribution in [0.4, 0.5) is 4.39 Å². The second kappa shape index (κ2) is 9.03. The Morgan fingerprint density at radius 1 is 1.38 bits per heavy atom. The summed E-state index contributed by atoms with van der Waals surface area (Å²) in [6, 6.07) is 7.77. The number of benzene rings is 1. The van der Waals surface area contributed by atoms with Crippen LogP contribution in [0.2, 0.25) is 5.02 Å². The van der Waals surface area contributed by atoms with E-state index in [-0.39, 0.29) is 29.0 Å². The molecule has 162 valence electrons. The lowest BCUT2D eigenvalue weighted by Crippen LogP contribution is -2.36. The minimum absolute atomic E-state index is 0.0344. The normalized spacial score (nSPS) is 11.8. The van der Waals surface area contributed by atoms with Crippen molar-refractivity contribution in [3.05, 3.63) is 65.1 Å². The fourth-order valence-corrected chi connectivity index (χ4v) is 3.51. The molecule has 1 aromatic carbocycles. The summed E-state index contributed by atoms with van der Waals surface area (Å²) in [5.41, 5.74) is 2.91. The van der Waals surface area contributed by atoms with Crippen LogP contribution in [0.1, 0.15) is 18.2 Å². The zero-order valence-corrected chi connectivity index (χ0v) is 17.7. The minimum atomic E-state index is -0.695. The quantitative estimate of drug-likeness (QED) is 0.397. The molecule has 0 aliphatic carbocycles. The first-order chi connectivity index (χ1) is 15.4. The number of aromatic nitrogens is 6. The fraction of sp³-hybridized carbons (Fsp3) is 0.190. The number of H-pyrrole nitrogens is 2. The maximum atomic E-state index is 14.0. The highest BCUT2D eigenvalue weighted by Gasteiger charge is 2.14. The van der Waals surface area contributed by atoms with Gasteiger partial charge in [0.1, 0.15) is 23.1 Å². The maximum Gasteiger partial charge on any atom is 0.226 e. The molecule has 1 amide bonds. The standard InChI is InChI=1S/C21H18ClFN8O/c1-12(27-21(32)7-14-6-19(29-28-14)20-9-25-11-26-20)10-31-3-2-18(30-31)13-4-16(22)15(8-24)17(23)5-13/h2-6,9,11-12H,7,10H2,1H3,(H,25,26)(H,27,32)(H,28,29)/t12-/m0/s1. The molecule has 0 aliphatic heterocycles. The third-order valence-corrected chi connectivity index (χ3v) is 5.01. The van der Waals surface area contributed by atoms with Crippen LogP contribution in [0, 0.1) is 17.1 Å². The highest BCUT2D eigenvalue weighted by Crippen LogP contribution is 2.26. The number of carbonyl (C=O) groups is 1. The molecule has 0 saturated heterocycles. The Hall–Kier alpha value is -3.97. The van der Waals surface area contributed by atoms with Crippen LogP contribution >= 0.6 is 11.6 Å². The molecule has 9 nitrogen and oxygen atoms in total. The molecule has 3 N–H and O–H groups in total. The molecule has 0 radical (unpaired) electrons. The van der Waals surface area contributed by atoms with Gasteiger partial charge < -0.3 is 10.3 Å². The first-order valence-corrected chi connectivity index (χ1v) is 10.1. The Kier molecular flexibility index (Phi) is 6.00. The number of halogens is 2. The molecule has 11 heteroatoms. The number of hydrogen-bond donors (Lipinski definition) is 3. The lowest BCUT2D eigenvalue weighted by atomic mass is 10.1. The van der Waals surface area contributed by atoms with Crippen molar-refractivity contribution in [2.45, 2.75) is 25.9 Å². The van der Waals surface area contributed by atoms with Gasteiger partial charge in [-0.3, -0.25) is 14.6 Å². The van der Waals surface area contributed by atoms with Gasteiger partial charge >= 0.3 is 0 Å². The van der Waals surface area contributed by atoms with E-state index in [2.05, 4.69) is 30.6 Å². The molecular weight excluding hydrogens is 435 g/mol. The number of nitrogens with one attached hydrogen (secondary N) is 3. The number of rotatable bonds is 7. The van der Waals surface area contributed by atoms with Crippen LogP contribution in [0.15, 0.2) is 43.0 Å². The summed E-state index contributed by atoms with van der Waals surface area (Å²) in [7, 11) is 0. The van der Waals surface area contributed by atoms with Crippen molar-refractivity contribution in [2.24, 2.45) is 0 Å². The number of hydrogen-bond acceptors (Lipinski definition) is 5. The summed E-state index contributed by atoms with van der Waals surface area (Å²) >= 11 is 5.97. The van der Waals surface area contributed by atoms with Gasteiger partial charge in [-0.1, -0.05) is 11.6 Å². The van der Waals surface area contributed by atoms with Crippen molar-refractivity contribution in [3.63, 3.8) is 0 Å². The number of amides is 1. The Morgan fingerprint density at radius 3 is 2.94 bits per heavy atom. The molecule has 0 aliphatic rings. The van der Waals surface area contributed by atoms with E-state index < -0.39 is 5.82 Å². The van der Waals surface area contributed by atoms with Crippen molar-refractivity contribution in [2.75, 3.05) is 0 Å². The van der Waals surface area contributed by atoms with Crippen molar-refractivity contribution in [1.29, 1.82) is 5.26 Å². The van der Waals surface area contributed by atoms with Crippen LogP contribution < -0.4 is 5.32 Å². The second-order valence-electron chi connectivity index (χ2n) is 7.24. The number of nitrogens with zero attached hydrogens (tertiary/aromatic N) is 5. The summed E-state index contributed by atoms with van der Waals surface area (Å²) in [6.07, 6.45) is 5.10. The average molecular weight is 453 g/mol. The molecule has 32 heavy (non-hydrogen) atoms. The summed E-state index contributed by atoms with van der Waals surface area (Å²) < 4.78 is 15.7. The monoisotopic (exact) mass is 452 g/mol. The number of aromatic amines is 2. The molecule has 0 spiro atoms. The first-order valence-electron chi connectivity index (χ1n) is 9.68. The van der Waals surface area contributed by atoms with Crippen LogP contribution in [-0.4, -0.2) is 41.9 Å². The van der Waals surface area contributed by atoms with Gasteiger partial charge in [-0.2, -0.15) is 15.5 Å². The fourth-order valence-electron chi connectivity index (χ4n) is 3.26. The molecule has 4 aromatic rings. The van der Waals surface area contributed by atoms with Crippen molar-refractivity contribution >= 4 is 17.5 Å². The summed E-state index contributed by atoms with van der Waals surface area (Å²) in [5.74, 6) is -0.856. The first kappa shape index (κ1) is 21.3. The molecule has 3 aromatic heterocycles. The molecular formula is C21H18ClFN8O. The highest BCUT2D eigenvalue weighted by molar-refractivity contribution is 6.32. The van der Waals surface area contributed by atoms with Crippen LogP contribution in [0.25, 0.3) is 22.6 Å². The SMILES string of the molecule is C[C@@H](Cn1ccc(-c2cc(F)c(C#N)c(Cl)c2)n1)NC(=O)Cc1cc(-c2cnc[nH]2)n[nH]1. The van der Waals surface area contributed by atoms with E-state index in [1.165, 1.54) is 12.1 Å². The Labute approximate surface area is 187 Å². The predicted molar refractivity (Wildman–Crippen MR) is 115 cm³/mol. The van der Waals surface area contributed by atoms with E-state index in [1.807, 2.05) is 6.92 Å². The summed E-state index contributed by atoms with van der Waals surface area (Å²) in [4.78, 5) is 19.3. The van der Waals surface area contributed by atoms with Gasteiger partial charge in [-0.25, -0.2) is 9.37 Å². The predicted octanol–water partition coefficient (Wildman–Crippen LogP) is 3.07. The number of imidazole rings is 1. The lowest BCUT2D eigenvalue weighted by Gasteiger charge is -2.13. The number of carbonyl (C=O) groups excluding carboxylic acids is 1. The minimum Gasteiger partial charge on any atom is -0.351 e. The molecule has 0 bridgehead atoms. The molecule has 0 saturated carbocycles. The van der Waals surface area contributed by atoms with Crippen LogP contribution in [0.5, 0.6) is 0 Å². The van der Waals surface area contributed by atoms with Crippen molar-refractivity contribution in [1.82, 2.24) is 35.3 Å². The smallest absolute Gasteiger partial charge is 0.226 e. The molecule has 0 fully saturated rings. The zero-order valence-electron chi connectivity index (χ0n) is 16.9. The maximum absolute atomic E-state index is 14.0. The van der Waals surface area contributed by atoms with Gasteiger partial charge in [0.15, 0.2) is 0 Å². The van der Waals surface area contributed by atoms with Gasteiger partial charge in [-0.05, 0) is 31.2 Å². The van der Waals surface area contributed by atoms with E-state index in [1.54, 1.807) is 41.6 Å². The second-order valence-corrected chi connectivity index (χ2v) is 7.65. The van der Waals surface area contributed by atoms with Crippen molar-refractivity contribution < 1.29 is 9.18 Å². The van der Waals surface area contributed by atoms with E-state index in [0.717, 1.165) is 5.69 Å². The third kappa shape index (κ3) is 4.68. The van der Waals surface area contributed by atoms with Gasteiger partial charge in [0.25, 0.3) is 0 Å². The molecule has 1 atom stereocenters. The van der Waals surface area contributed by atoms with Gasteiger partial charge in [0.2, 0.25) is 5.91 Å². The zero-order chi connectivity index (χ0) is 22.7. The van der Waals surface area contributed by atoms with Crippen LogP contribution in [-0.2, 0) is 17.8 Å².